The molecule has 4 N–H and O–H groups in total. The fourth-order valence-electron chi connectivity index (χ4n) is 2.04. The number of amides is 1. The summed E-state index contributed by atoms with van der Waals surface area (Å²) in [6.07, 6.45) is 2.84. The number of rotatable bonds is 8. The van der Waals surface area contributed by atoms with Gasteiger partial charge in [-0.05, 0) is 49.4 Å². The Morgan fingerprint density at radius 1 is 1.25 bits per heavy atom. The molecule has 5 nitrogen and oxygen atoms in total. The average Bonchev–Trinajstić information content (AvgIpc) is 3.28. The summed E-state index contributed by atoms with van der Waals surface area (Å²) in [6.45, 7) is 2.86. The molecular formula is C15H22N2O3. The van der Waals surface area contributed by atoms with Crippen LogP contribution in [0.25, 0.3) is 0 Å². The highest BCUT2D eigenvalue weighted by molar-refractivity contribution is 5.85. The third kappa shape index (κ3) is 3.42. The maximum Gasteiger partial charge on any atom is 0.241 e. The van der Waals surface area contributed by atoms with Crippen molar-refractivity contribution in [1.29, 1.82) is 0 Å². The smallest absolute Gasteiger partial charge is 0.241 e. The van der Waals surface area contributed by atoms with Crippen LogP contribution in [-0.4, -0.2) is 24.7 Å². The molecule has 0 bridgehead atoms. The first kappa shape index (κ1) is 14.7. The topological polar surface area (TPSA) is 87.6 Å². The van der Waals surface area contributed by atoms with E-state index < -0.39 is 11.4 Å². The molecular weight excluding hydrogens is 256 g/mol. The summed E-state index contributed by atoms with van der Waals surface area (Å²) < 4.78 is 11.1. The minimum atomic E-state index is -1.06. The normalized spacial score (nSPS) is 17.3. The standard InChI is InChI=1S/C15H22N2O3/c1-2-9-19-12-5-7-13(8-6-12)20-10-15(17,14(16)18)11-3-4-11/h5-8,11H,2-4,9-10,17H2,1H3,(H2,16,18). The van der Waals surface area contributed by atoms with Gasteiger partial charge in [0.15, 0.2) is 0 Å². The second-order valence-electron chi connectivity index (χ2n) is 5.29. The summed E-state index contributed by atoms with van der Waals surface area (Å²) >= 11 is 0. The van der Waals surface area contributed by atoms with Gasteiger partial charge in [0.25, 0.3) is 0 Å². The van der Waals surface area contributed by atoms with Gasteiger partial charge in [-0.3, -0.25) is 4.79 Å². The van der Waals surface area contributed by atoms with Crippen LogP contribution in [0.15, 0.2) is 24.3 Å². The summed E-state index contributed by atoms with van der Waals surface area (Å²) in [5.41, 5.74) is 10.4. The molecule has 5 heteroatoms. The van der Waals surface area contributed by atoms with Crippen molar-refractivity contribution in [2.24, 2.45) is 17.4 Å². The Bertz CT molecular complexity index is 457. The summed E-state index contributed by atoms with van der Waals surface area (Å²) in [7, 11) is 0. The van der Waals surface area contributed by atoms with E-state index in [1.165, 1.54) is 0 Å². The van der Waals surface area contributed by atoms with Gasteiger partial charge in [0, 0.05) is 0 Å². The molecule has 1 atom stereocenters. The lowest BCUT2D eigenvalue weighted by atomic mass is 9.95. The first-order chi connectivity index (χ1) is 9.56. The van der Waals surface area contributed by atoms with Gasteiger partial charge < -0.3 is 20.9 Å². The van der Waals surface area contributed by atoms with Gasteiger partial charge in [0.1, 0.15) is 23.6 Å². The lowest BCUT2D eigenvalue weighted by Gasteiger charge is -2.25. The Kier molecular flexibility index (Phi) is 4.49. The van der Waals surface area contributed by atoms with Crippen LogP contribution in [0.4, 0.5) is 0 Å². The van der Waals surface area contributed by atoms with E-state index >= 15 is 0 Å². The number of hydrogen-bond donors (Lipinski definition) is 2. The quantitative estimate of drug-likeness (QED) is 0.753. The molecule has 0 radical (unpaired) electrons. The first-order valence-electron chi connectivity index (χ1n) is 7.00. The maximum absolute atomic E-state index is 11.5. The molecule has 1 aromatic carbocycles. The van der Waals surface area contributed by atoms with Crippen LogP contribution >= 0.6 is 0 Å². The third-order valence-electron chi connectivity index (χ3n) is 3.54. The Morgan fingerprint density at radius 2 is 1.80 bits per heavy atom. The number of nitrogens with two attached hydrogens (primary N) is 2. The van der Waals surface area contributed by atoms with Crippen LogP contribution in [-0.2, 0) is 4.79 Å². The summed E-state index contributed by atoms with van der Waals surface area (Å²) in [5, 5.41) is 0. The van der Waals surface area contributed by atoms with E-state index in [2.05, 4.69) is 6.92 Å². The molecule has 20 heavy (non-hydrogen) atoms. The van der Waals surface area contributed by atoms with Gasteiger partial charge in [-0.1, -0.05) is 6.92 Å². The second kappa shape index (κ2) is 6.13. The molecule has 0 spiro atoms. The van der Waals surface area contributed by atoms with Gasteiger partial charge in [-0.25, -0.2) is 0 Å². The Hall–Kier alpha value is -1.75. The minimum Gasteiger partial charge on any atom is -0.494 e. The zero-order valence-electron chi connectivity index (χ0n) is 11.8. The molecule has 1 aromatic rings. The molecule has 1 aliphatic rings. The van der Waals surface area contributed by atoms with E-state index in [4.69, 9.17) is 20.9 Å². The molecule has 0 aromatic heterocycles. The van der Waals surface area contributed by atoms with Crippen molar-refractivity contribution >= 4 is 5.91 Å². The molecule has 2 rings (SSSR count). The second-order valence-corrected chi connectivity index (χ2v) is 5.29. The van der Waals surface area contributed by atoms with Crippen LogP contribution in [0.2, 0.25) is 0 Å². The van der Waals surface area contributed by atoms with Crippen molar-refractivity contribution in [3.63, 3.8) is 0 Å². The number of benzene rings is 1. The molecule has 1 fully saturated rings. The SMILES string of the molecule is CCCOc1ccc(OCC(N)(C(N)=O)C2CC2)cc1. The average molecular weight is 278 g/mol. The predicted molar refractivity (Wildman–Crippen MR) is 76.6 cm³/mol. The molecule has 0 saturated heterocycles. The summed E-state index contributed by atoms with van der Waals surface area (Å²) in [4.78, 5) is 11.5. The Balaban J connectivity index is 1.91. The van der Waals surface area contributed by atoms with Crippen molar-refractivity contribution in [3.05, 3.63) is 24.3 Å². The van der Waals surface area contributed by atoms with Crippen molar-refractivity contribution in [1.82, 2.24) is 0 Å². The van der Waals surface area contributed by atoms with Gasteiger partial charge in [0.2, 0.25) is 5.91 Å². The molecule has 1 saturated carbocycles. The van der Waals surface area contributed by atoms with Crippen molar-refractivity contribution in [2.75, 3.05) is 13.2 Å². The molecule has 1 amide bonds. The van der Waals surface area contributed by atoms with Gasteiger partial charge in [-0.2, -0.15) is 0 Å². The lowest BCUT2D eigenvalue weighted by molar-refractivity contribution is -0.125. The third-order valence-corrected chi connectivity index (χ3v) is 3.54. The van der Waals surface area contributed by atoms with Crippen LogP contribution in [0.3, 0.4) is 0 Å². The van der Waals surface area contributed by atoms with Crippen molar-refractivity contribution in [3.8, 4) is 11.5 Å². The highest BCUT2D eigenvalue weighted by atomic mass is 16.5. The van der Waals surface area contributed by atoms with Gasteiger partial charge >= 0.3 is 0 Å². The molecule has 1 aliphatic carbocycles. The molecule has 110 valence electrons. The van der Waals surface area contributed by atoms with E-state index in [9.17, 15) is 4.79 Å². The fraction of sp³-hybridized carbons (Fsp3) is 0.533. The van der Waals surface area contributed by atoms with E-state index in [0.29, 0.717) is 12.4 Å². The van der Waals surface area contributed by atoms with Crippen molar-refractivity contribution < 1.29 is 14.3 Å². The first-order valence-corrected chi connectivity index (χ1v) is 7.00. The fourth-order valence-corrected chi connectivity index (χ4v) is 2.04. The number of ether oxygens (including phenoxy) is 2. The lowest BCUT2D eigenvalue weighted by Crippen LogP contribution is -2.58. The Morgan fingerprint density at radius 3 is 2.25 bits per heavy atom. The highest BCUT2D eigenvalue weighted by Crippen LogP contribution is 2.38. The zero-order valence-corrected chi connectivity index (χ0v) is 11.8. The van der Waals surface area contributed by atoms with Crippen molar-refractivity contribution in [2.45, 2.75) is 31.7 Å². The number of primary amides is 1. The van der Waals surface area contributed by atoms with E-state index in [0.717, 1.165) is 25.0 Å². The number of carbonyl (C=O) groups excluding carboxylic acids is 1. The number of carbonyl (C=O) groups is 1. The minimum absolute atomic E-state index is 0.113. The van der Waals surface area contributed by atoms with Gasteiger partial charge in [-0.15, -0.1) is 0 Å². The monoisotopic (exact) mass is 278 g/mol. The predicted octanol–water partition coefficient (Wildman–Crippen LogP) is 1.45. The largest absolute Gasteiger partial charge is 0.494 e. The van der Waals surface area contributed by atoms with E-state index in [-0.39, 0.29) is 12.5 Å². The molecule has 1 unspecified atom stereocenters. The highest BCUT2D eigenvalue weighted by Gasteiger charge is 2.47. The van der Waals surface area contributed by atoms with E-state index in [1.807, 2.05) is 12.1 Å². The zero-order chi connectivity index (χ0) is 14.6. The molecule has 0 heterocycles. The maximum atomic E-state index is 11.5. The summed E-state index contributed by atoms with van der Waals surface area (Å²) in [6, 6.07) is 7.29. The van der Waals surface area contributed by atoms with Gasteiger partial charge in [0.05, 0.1) is 6.61 Å². The molecule has 0 aliphatic heterocycles. The van der Waals surface area contributed by atoms with Crippen LogP contribution < -0.4 is 20.9 Å². The van der Waals surface area contributed by atoms with Crippen LogP contribution in [0.1, 0.15) is 26.2 Å². The summed E-state index contributed by atoms with van der Waals surface area (Å²) in [5.74, 6) is 1.11. The van der Waals surface area contributed by atoms with Crippen LogP contribution in [0, 0.1) is 5.92 Å². The van der Waals surface area contributed by atoms with E-state index in [1.54, 1.807) is 12.1 Å². The van der Waals surface area contributed by atoms with Crippen LogP contribution in [0.5, 0.6) is 11.5 Å². The number of hydrogen-bond acceptors (Lipinski definition) is 4. The Labute approximate surface area is 119 Å².